The summed E-state index contributed by atoms with van der Waals surface area (Å²) in [7, 11) is 0. The molecule has 9 nitrogen and oxygen atoms in total. The minimum absolute atomic E-state index is 0.103. The zero-order valence-electron chi connectivity index (χ0n) is 19.5. The number of hydrogen-bond donors (Lipinski definition) is 2. The van der Waals surface area contributed by atoms with Crippen molar-refractivity contribution in [3.05, 3.63) is 29.3 Å². The average molecular weight is 446 g/mol. The smallest absolute Gasteiger partial charge is 0.266 e. The van der Waals surface area contributed by atoms with Gasteiger partial charge in [0.1, 0.15) is 0 Å². The van der Waals surface area contributed by atoms with Gasteiger partial charge in [-0.2, -0.15) is 4.98 Å². The summed E-state index contributed by atoms with van der Waals surface area (Å²) >= 11 is 0. The SMILES string of the molecule is Cc1nc(OCCCC2CCN(c3noc(C(C)C)n3)CC2)ccc1C(=O)N[C@H](C)CO. The highest BCUT2D eigenvalue weighted by molar-refractivity contribution is 5.95. The van der Waals surface area contributed by atoms with Crippen LogP contribution >= 0.6 is 0 Å². The largest absolute Gasteiger partial charge is 0.478 e. The Hall–Kier alpha value is -2.68. The van der Waals surface area contributed by atoms with Crippen LogP contribution in [0.5, 0.6) is 5.88 Å². The Balaban J connectivity index is 1.37. The van der Waals surface area contributed by atoms with Crippen LogP contribution in [0.3, 0.4) is 0 Å². The van der Waals surface area contributed by atoms with Gasteiger partial charge in [0, 0.05) is 31.1 Å². The number of aliphatic hydroxyl groups is 1. The van der Waals surface area contributed by atoms with Crippen molar-refractivity contribution in [1.29, 1.82) is 0 Å². The monoisotopic (exact) mass is 445 g/mol. The van der Waals surface area contributed by atoms with Crippen molar-refractivity contribution in [2.24, 2.45) is 5.92 Å². The number of aromatic nitrogens is 3. The van der Waals surface area contributed by atoms with Crippen LogP contribution in [0.15, 0.2) is 16.7 Å². The first-order valence-corrected chi connectivity index (χ1v) is 11.5. The highest BCUT2D eigenvalue weighted by Gasteiger charge is 2.23. The van der Waals surface area contributed by atoms with Crippen LogP contribution < -0.4 is 15.0 Å². The normalized spacial score (nSPS) is 15.8. The third-order valence-corrected chi connectivity index (χ3v) is 5.79. The Labute approximate surface area is 189 Å². The number of carbonyl (C=O) groups is 1. The number of nitrogens with one attached hydrogen (secondary N) is 1. The van der Waals surface area contributed by atoms with Crippen LogP contribution in [0.25, 0.3) is 0 Å². The first-order valence-electron chi connectivity index (χ1n) is 11.5. The van der Waals surface area contributed by atoms with Crippen molar-refractivity contribution in [2.75, 3.05) is 31.2 Å². The van der Waals surface area contributed by atoms with Gasteiger partial charge in [-0.25, -0.2) is 4.98 Å². The topological polar surface area (TPSA) is 114 Å². The molecule has 0 aromatic carbocycles. The summed E-state index contributed by atoms with van der Waals surface area (Å²) in [4.78, 5) is 23.3. The Morgan fingerprint density at radius 3 is 2.66 bits per heavy atom. The maximum absolute atomic E-state index is 12.2. The zero-order chi connectivity index (χ0) is 23.1. The highest BCUT2D eigenvalue weighted by Crippen LogP contribution is 2.25. The number of carbonyl (C=O) groups excluding carboxylic acids is 1. The number of rotatable bonds is 10. The van der Waals surface area contributed by atoms with Gasteiger partial charge in [0.05, 0.1) is 24.5 Å². The molecule has 32 heavy (non-hydrogen) atoms. The van der Waals surface area contributed by atoms with Crippen LogP contribution in [0, 0.1) is 12.8 Å². The van der Waals surface area contributed by atoms with Crippen molar-refractivity contribution in [3.63, 3.8) is 0 Å². The fourth-order valence-electron chi connectivity index (χ4n) is 3.77. The third kappa shape index (κ3) is 6.41. The Morgan fingerprint density at radius 2 is 2.03 bits per heavy atom. The molecule has 1 saturated heterocycles. The van der Waals surface area contributed by atoms with Gasteiger partial charge in [-0.3, -0.25) is 4.79 Å². The van der Waals surface area contributed by atoms with Crippen LogP contribution in [0.2, 0.25) is 0 Å². The summed E-state index contributed by atoms with van der Waals surface area (Å²) in [5.74, 6) is 2.60. The summed E-state index contributed by atoms with van der Waals surface area (Å²) in [5.41, 5.74) is 1.10. The number of ether oxygens (including phenoxy) is 1. The van der Waals surface area contributed by atoms with E-state index in [1.54, 1.807) is 26.0 Å². The van der Waals surface area contributed by atoms with Gasteiger partial charge in [0.25, 0.3) is 11.9 Å². The molecule has 1 amide bonds. The van der Waals surface area contributed by atoms with E-state index in [9.17, 15) is 4.79 Å². The van der Waals surface area contributed by atoms with Crippen LogP contribution in [0.1, 0.15) is 74.3 Å². The quantitative estimate of drug-likeness (QED) is 0.537. The molecule has 0 saturated carbocycles. The van der Waals surface area contributed by atoms with Crippen LogP contribution in [-0.2, 0) is 0 Å². The van der Waals surface area contributed by atoms with Crippen LogP contribution in [-0.4, -0.2) is 58.5 Å². The first-order chi connectivity index (χ1) is 15.4. The summed E-state index contributed by atoms with van der Waals surface area (Å²) in [6, 6.07) is 3.14. The molecule has 3 rings (SSSR count). The lowest BCUT2D eigenvalue weighted by Gasteiger charge is -2.30. The second kappa shape index (κ2) is 11.3. The maximum Gasteiger partial charge on any atom is 0.266 e. The Bertz CT molecular complexity index is 877. The first kappa shape index (κ1) is 24.0. The molecule has 1 aliphatic heterocycles. The van der Waals surface area contributed by atoms with Gasteiger partial charge in [0.15, 0.2) is 0 Å². The molecule has 0 radical (unpaired) electrons. The number of amides is 1. The zero-order valence-corrected chi connectivity index (χ0v) is 19.5. The second-order valence-electron chi connectivity index (χ2n) is 8.85. The summed E-state index contributed by atoms with van der Waals surface area (Å²) < 4.78 is 11.1. The van der Waals surface area contributed by atoms with E-state index < -0.39 is 0 Å². The molecule has 1 fully saturated rings. The molecule has 0 spiro atoms. The minimum atomic E-state index is -0.297. The van der Waals surface area contributed by atoms with Crippen LogP contribution in [0.4, 0.5) is 5.95 Å². The molecule has 0 unspecified atom stereocenters. The second-order valence-corrected chi connectivity index (χ2v) is 8.85. The highest BCUT2D eigenvalue weighted by atomic mass is 16.5. The van der Waals surface area contributed by atoms with Crippen molar-refractivity contribution in [1.82, 2.24) is 20.4 Å². The predicted octanol–water partition coefficient (Wildman–Crippen LogP) is 3.08. The van der Waals surface area contributed by atoms with E-state index >= 15 is 0 Å². The lowest BCUT2D eigenvalue weighted by molar-refractivity contribution is 0.0921. The Morgan fingerprint density at radius 1 is 1.28 bits per heavy atom. The standard InChI is InChI=1S/C23H35N5O4/c1-15(2)22-26-23(27-32-22)28-11-9-18(10-12-28)6-5-13-31-20-8-7-19(17(4)25-20)21(30)24-16(3)14-29/h7-8,15-16,18,29H,5-6,9-14H2,1-4H3,(H,24,30)/t16-/m1/s1. The molecule has 2 N–H and O–H groups in total. The lowest BCUT2D eigenvalue weighted by Crippen LogP contribution is -2.35. The fraction of sp³-hybridized carbons (Fsp3) is 0.652. The molecular formula is C23H35N5O4. The summed E-state index contributed by atoms with van der Waals surface area (Å²) in [6.45, 7) is 10.0. The molecule has 0 bridgehead atoms. The lowest BCUT2D eigenvalue weighted by atomic mass is 9.92. The number of aryl methyl sites for hydroxylation is 1. The van der Waals surface area contributed by atoms with E-state index in [2.05, 4.69) is 25.3 Å². The van der Waals surface area contributed by atoms with Gasteiger partial charge < -0.3 is 24.6 Å². The number of aliphatic hydroxyl groups excluding tert-OH is 1. The fourth-order valence-corrected chi connectivity index (χ4v) is 3.77. The van der Waals surface area contributed by atoms with Crippen molar-refractivity contribution in [2.45, 2.75) is 65.3 Å². The van der Waals surface area contributed by atoms with E-state index in [4.69, 9.17) is 14.4 Å². The van der Waals surface area contributed by atoms with E-state index in [1.807, 2.05) is 13.8 Å². The average Bonchev–Trinajstić information content (AvgIpc) is 3.28. The molecule has 3 heterocycles. The number of nitrogens with zero attached hydrogens (tertiary/aromatic N) is 4. The van der Waals surface area contributed by atoms with Crippen molar-refractivity contribution < 1.29 is 19.2 Å². The molecule has 2 aromatic rings. The minimum Gasteiger partial charge on any atom is -0.478 e. The molecule has 2 aromatic heterocycles. The van der Waals surface area contributed by atoms with Crippen molar-refractivity contribution in [3.8, 4) is 5.88 Å². The molecule has 1 atom stereocenters. The van der Waals surface area contributed by atoms with Gasteiger partial charge >= 0.3 is 0 Å². The van der Waals surface area contributed by atoms with E-state index in [0.29, 0.717) is 41.5 Å². The number of piperidine rings is 1. The van der Waals surface area contributed by atoms with E-state index in [0.717, 1.165) is 38.8 Å². The van der Waals surface area contributed by atoms with Gasteiger partial charge in [-0.15, -0.1) is 0 Å². The number of anilines is 1. The van der Waals surface area contributed by atoms with E-state index in [1.165, 1.54) is 0 Å². The molecule has 0 aliphatic carbocycles. The third-order valence-electron chi connectivity index (χ3n) is 5.79. The predicted molar refractivity (Wildman–Crippen MR) is 121 cm³/mol. The van der Waals surface area contributed by atoms with E-state index in [-0.39, 0.29) is 24.5 Å². The molecule has 9 heteroatoms. The maximum atomic E-state index is 12.2. The van der Waals surface area contributed by atoms with Crippen molar-refractivity contribution >= 4 is 11.9 Å². The Kier molecular flexibility index (Phi) is 8.44. The van der Waals surface area contributed by atoms with Gasteiger partial charge in [-0.05, 0) is 56.7 Å². The molecular weight excluding hydrogens is 410 g/mol. The summed E-state index contributed by atoms with van der Waals surface area (Å²) in [5, 5.41) is 15.9. The van der Waals surface area contributed by atoms with Gasteiger partial charge in [0.2, 0.25) is 11.8 Å². The summed E-state index contributed by atoms with van der Waals surface area (Å²) in [6.07, 6.45) is 4.29. The number of pyridine rings is 1. The number of hydrogen-bond acceptors (Lipinski definition) is 8. The molecule has 1 aliphatic rings. The van der Waals surface area contributed by atoms with Gasteiger partial charge in [-0.1, -0.05) is 13.8 Å². The molecule has 176 valence electrons.